The van der Waals surface area contributed by atoms with Gasteiger partial charge < -0.3 is 0 Å². The lowest BCUT2D eigenvalue weighted by Gasteiger charge is -2.08. The second kappa shape index (κ2) is 2.48. The Labute approximate surface area is 73.4 Å². The third kappa shape index (κ3) is 0.845. The summed E-state index contributed by atoms with van der Waals surface area (Å²) in [6, 6.07) is 2.39. The van der Waals surface area contributed by atoms with Crippen LogP contribution in [-0.2, 0) is 0 Å². The lowest BCUT2D eigenvalue weighted by molar-refractivity contribution is 0.571. The minimum atomic E-state index is 0.255. The van der Waals surface area contributed by atoms with Crippen LogP contribution in [0, 0.1) is 29.1 Å². The van der Waals surface area contributed by atoms with Gasteiger partial charge in [0.25, 0.3) is 0 Å². The zero-order chi connectivity index (χ0) is 8.72. The Morgan fingerprint density at radius 3 is 2.67 bits per heavy atom. The van der Waals surface area contributed by atoms with Gasteiger partial charge in [0.15, 0.2) is 0 Å². The third-order valence-corrected chi connectivity index (χ3v) is 2.99. The van der Waals surface area contributed by atoms with Crippen molar-refractivity contribution in [2.45, 2.75) is 20.3 Å². The number of nitriles is 1. The maximum Gasteiger partial charge on any atom is 0.0665 e. The van der Waals surface area contributed by atoms with Gasteiger partial charge >= 0.3 is 0 Å². The standard InChI is InChI=1S/C11H13N/c1-7(2)11-8-3-4-10(11)9(5-8)6-12/h3-4,8-10H,5H2,1-2H3. The van der Waals surface area contributed by atoms with E-state index in [0.29, 0.717) is 11.8 Å². The number of fused-ring (bicyclic) bond motifs is 2. The predicted octanol–water partition coefficient (Wildman–Crippen LogP) is 2.67. The van der Waals surface area contributed by atoms with Crippen molar-refractivity contribution in [3.05, 3.63) is 23.3 Å². The first-order chi connectivity index (χ1) is 5.74. The molecule has 0 aromatic heterocycles. The Morgan fingerprint density at radius 2 is 2.25 bits per heavy atom. The van der Waals surface area contributed by atoms with Gasteiger partial charge in [0, 0.05) is 5.92 Å². The number of allylic oxidation sites excluding steroid dienone is 4. The molecule has 2 bridgehead atoms. The monoisotopic (exact) mass is 159 g/mol. The molecule has 0 saturated heterocycles. The molecular weight excluding hydrogens is 146 g/mol. The second-order valence-electron chi connectivity index (χ2n) is 3.94. The summed E-state index contributed by atoms with van der Waals surface area (Å²) in [6.07, 6.45) is 5.53. The Morgan fingerprint density at radius 1 is 1.50 bits per heavy atom. The number of hydrogen-bond donors (Lipinski definition) is 0. The number of rotatable bonds is 0. The van der Waals surface area contributed by atoms with E-state index in [-0.39, 0.29) is 5.92 Å². The van der Waals surface area contributed by atoms with Crippen molar-refractivity contribution < 1.29 is 0 Å². The molecule has 1 fully saturated rings. The van der Waals surface area contributed by atoms with E-state index in [0.717, 1.165) is 6.42 Å². The molecule has 12 heavy (non-hydrogen) atoms. The highest BCUT2D eigenvalue weighted by atomic mass is 14.5. The quantitative estimate of drug-likeness (QED) is 0.498. The van der Waals surface area contributed by atoms with Crippen LogP contribution in [0.4, 0.5) is 0 Å². The summed E-state index contributed by atoms with van der Waals surface area (Å²) in [4.78, 5) is 0. The van der Waals surface area contributed by atoms with Gasteiger partial charge in [-0.15, -0.1) is 0 Å². The molecule has 62 valence electrons. The average molecular weight is 159 g/mol. The molecule has 2 aliphatic carbocycles. The smallest absolute Gasteiger partial charge is 0.0665 e. The van der Waals surface area contributed by atoms with Crippen LogP contribution < -0.4 is 0 Å². The maximum absolute atomic E-state index is 8.88. The van der Waals surface area contributed by atoms with E-state index < -0.39 is 0 Å². The van der Waals surface area contributed by atoms with Crippen LogP contribution in [0.1, 0.15) is 20.3 Å². The fraction of sp³-hybridized carbons (Fsp3) is 0.545. The average Bonchev–Trinajstić information content (AvgIpc) is 2.59. The van der Waals surface area contributed by atoms with Crippen molar-refractivity contribution in [3.63, 3.8) is 0 Å². The van der Waals surface area contributed by atoms with E-state index in [9.17, 15) is 0 Å². The Hall–Kier alpha value is -1.03. The van der Waals surface area contributed by atoms with Gasteiger partial charge in [0.1, 0.15) is 0 Å². The van der Waals surface area contributed by atoms with Crippen LogP contribution in [0.3, 0.4) is 0 Å². The molecule has 0 amide bonds. The topological polar surface area (TPSA) is 23.8 Å². The molecule has 3 unspecified atom stereocenters. The van der Waals surface area contributed by atoms with Crippen molar-refractivity contribution in [2.24, 2.45) is 17.8 Å². The van der Waals surface area contributed by atoms with E-state index in [1.165, 1.54) is 11.1 Å². The number of nitrogens with zero attached hydrogens (tertiary/aromatic N) is 1. The minimum Gasteiger partial charge on any atom is -0.198 e. The second-order valence-corrected chi connectivity index (χ2v) is 3.94. The lowest BCUT2D eigenvalue weighted by Crippen LogP contribution is -2.03. The molecule has 0 heterocycles. The van der Waals surface area contributed by atoms with E-state index >= 15 is 0 Å². The molecule has 0 aromatic carbocycles. The van der Waals surface area contributed by atoms with Crippen molar-refractivity contribution in [2.75, 3.05) is 0 Å². The molecule has 2 aliphatic rings. The molecule has 0 aliphatic heterocycles. The molecule has 3 atom stereocenters. The van der Waals surface area contributed by atoms with Gasteiger partial charge in [0.2, 0.25) is 0 Å². The predicted molar refractivity (Wildman–Crippen MR) is 48.2 cm³/mol. The van der Waals surface area contributed by atoms with Crippen LogP contribution in [0.25, 0.3) is 0 Å². The normalized spacial score (nSPS) is 37.1. The molecule has 1 nitrogen and oxygen atoms in total. The molecule has 0 spiro atoms. The van der Waals surface area contributed by atoms with Gasteiger partial charge in [-0.3, -0.25) is 0 Å². The fourth-order valence-electron chi connectivity index (χ4n) is 2.52. The summed E-state index contributed by atoms with van der Waals surface area (Å²) in [5.74, 6) is 1.29. The summed E-state index contributed by atoms with van der Waals surface area (Å²) < 4.78 is 0. The molecular formula is C11H13N. The van der Waals surface area contributed by atoms with Crippen LogP contribution in [-0.4, -0.2) is 0 Å². The summed E-state index contributed by atoms with van der Waals surface area (Å²) in [7, 11) is 0. The van der Waals surface area contributed by atoms with Crippen molar-refractivity contribution in [3.8, 4) is 6.07 Å². The van der Waals surface area contributed by atoms with Gasteiger partial charge in [-0.2, -0.15) is 5.26 Å². The highest BCUT2D eigenvalue weighted by molar-refractivity contribution is 5.38. The zero-order valence-corrected chi connectivity index (χ0v) is 7.54. The van der Waals surface area contributed by atoms with E-state index in [2.05, 4.69) is 32.1 Å². The van der Waals surface area contributed by atoms with Crippen molar-refractivity contribution >= 4 is 0 Å². The largest absolute Gasteiger partial charge is 0.198 e. The molecule has 2 rings (SSSR count). The van der Waals surface area contributed by atoms with Crippen LogP contribution in [0.15, 0.2) is 23.3 Å². The van der Waals surface area contributed by atoms with Crippen LogP contribution in [0.5, 0.6) is 0 Å². The molecule has 0 radical (unpaired) electrons. The highest BCUT2D eigenvalue weighted by Crippen LogP contribution is 2.48. The summed E-state index contributed by atoms with van der Waals surface area (Å²) >= 11 is 0. The van der Waals surface area contributed by atoms with Gasteiger partial charge in [0.05, 0.1) is 12.0 Å². The van der Waals surface area contributed by atoms with Crippen LogP contribution in [0.2, 0.25) is 0 Å². The molecule has 0 N–H and O–H groups in total. The maximum atomic E-state index is 8.88. The van der Waals surface area contributed by atoms with E-state index in [1.807, 2.05) is 0 Å². The van der Waals surface area contributed by atoms with Gasteiger partial charge in [-0.25, -0.2) is 0 Å². The molecule has 1 heteroatoms. The fourth-order valence-corrected chi connectivity index (χ4v) is 2.52. The van der Waals surface area contributed by atoms with Crippen LogP contribution >= 0.6 is 0 Å². The van der Waals surface area contributed by atoms with Gasteiger partial charge in [-0.05, 0) is 26.2 Å². The molecule has 0 aromatic rings. The summed E-state index contributed by atoms with van der Waals surface area (Å²) in [5, 5.41) is 8.88. The first-order valence-electron chi connectivity index (χ1n) is 4.49. The number of hydrogen-bond acceptors (Lipinski definition) is 1. The van der Waals surface area contributed by atoms with Crippen molar-refractivity contribution in [1.82, 2.24) is 0 Å². The SMILES string of the molecule is CC(C)=C1C2C=CC1C(C#N)C2. The Kier molecular flexibility index (Phi) is 1.58. The van der Waals surface area contributed by atoms with Crippen molar-refractivity contribution in [1.29, 1.82) is 5.26 Å². The first-order valence-corrected chi connectivity index (χ1v) is 4.49. The minimum absolute atomic E-state index is 0.255. The Bertz CT molecular complexity index is 299. The highest BCUT2D eigenvalue weighted by Gasteiger charge is 2.40. The zero-order valence-electron chi connectivity index (χ0n) is 7.54. The Balaban J connectivity index is 2.39. The lowest BCUT2D eigenvalue weighted by atomic mass is 9.94. The van der Waals surface area contributed by atoms with Gasteiger partial charge in [-0.1, -0.05) is 23.3 Å². The first kappa shape index (κ1) is 7.61. The summed E-state index contributed by atoms with van der Waals surface area (Å²) in [5.41, 5.74) is 2.93. The third-order valence-electron chi connectivity index (χ3n) is 2.99. The van der Waals surface area contributed by atoms with E-state index in [1.54, 1.807) is 0 Å². The van der Waals surface area contributed by atoms with E-state index in [4.69, 9.17) is 5.26 Å². The summed E-state index contributed by atoms with van der Waals surface area (Å²) in [6.45, 7) is 4.31. The molecule has 1 saturated carbocycles.